The van der Waals surface area contributed by atoms with E-state index in [1.807, 2.05) is 0 Å². The molecule has 2 N–H and O–H groups in total. The fourth-order valence-electron chi connectivity index (χ4n) is 5.99. The van der Waals surface area contributed by atoms with Crippen LogP contribution < -0.4 is 5.32 Å². The third-order valence-electron chi connectivity index (χ3n) is 7.50. The zero-order valence-electron chi connectivity index (χ0n) is 16.4. The molecule has 140 valence electrons. The maximum atomic E-state index is 12.9. The number of nitrogens with one attached hydrogen (secondary N) is 1. The molecule has 0 aliphatic heterocycles. The van der Waals surface area contributed by atoms with Crippen molar-refractivity contribution in [3.05, 3.63) is 23.3 Å². The molecule has 0 heterocycles. The largest absolute Gasteiger partial charge is 0.395 e. The van der Waals surface area contributed by atoms with Crippen molar-refractivity contribution in [2.75, 3.05) is 13.2 Å². The third kappa shape index (κ3) is 3.09. The van der Waals surface area contributed by atoms with E-state index in [2.05, 4.69) is 45.2 Å². The van der Waals surface area contributed by atoms with E-state index in [1.54, 1.807) is 5.57 Å². The van der Waals surface area contributed by atoms with Gasteiger partial charge in [0.25, 0.3) is 0 Å². The highest BCUT2D eigenvalue weighted by atomic mass is 16.3. The molecule has 0 aromatic carbocycles. The molecular weight excluding hydrogens is 310 g/mol. The summed E-state index contributed by atoms with van der Waals surface area (Å²) < 4.78 is 0. The lowest BCUT2D eigenvalue weighted by atomic mass is 9.46. The van der Waals surface area contributed by atoms with Gasteiger partial charge >= 0.3 is 0 Å². The summed E-state index contributed by atoms with van der Waals surface area (Å²) >= 11 is 0. The Morgan fingerprint density at radius 2 is 2.12 bits per heavy atom. The molecule has 0 aromatic rings. The van der Waals surface area contributed by atoms with E-state index in [1.165, 1.54) is 24.8 Å². The summed E-state index contributed by atoms with van der Waals surface area (Å²) in [4.78, 5) is 12.9. The van der Waals surface area contributed by atoms with Gasteiger partial charge in [0.05, 0.1) is 12.0 Å². The molecular formula is C22H35NO2. The number of amides is 1. The lowest BCUT2D eigenvalue weighted by Crippen LogP contribution is -2.55. The maximum absolute atomic E-state index is 12.9. The number of fused-ring (bicyclic) bond motifs is 3. The molecule has 3 rings (SSSR count). The molecule has 0 bridgehead atoms. The van der Waals surface area contributed by atoms with Gasteiger partial charge in [-0.1, -0.05) is 51.8 Å². The molecule has 1 fully saturated rings. The highest BCUT2D eigenvalue weighted by molar-refractivity contribution is 5.83. The highest BCUT2D eigenvalue weighted by Crippen LogP contribution is 2.62. The Balaban J connectivity index is 1.91. The van der Waals surface area contributed by atoms with E-state index in [4.69, 9.17) is 5.11 Å². The molecule has 25 heavy (non-hydrogen) atoms. The second-order valence-corrected chi connectivity index (χ2v) is 9.21. The van der Waals surface area contributed by atoms with E-state index >= 15 is 0 Å². The summed E-state index contributed by atoms with van der Waals surface area (Å²) in [5.41, 5.74) is 3.02. The number of carbonyl (C=O) groups excluding carboxylic acids is 1. The quantitative estimate of drug-likeness (QED) is 0.801. The van der Waals surface area contributed by atoms with Crippen LogP contribution in [0.5, 0.6) is 0 Å². The Morgan fingerprint density at radius 1 is 1.36 bits per heavy atom. The van der Waals surface area contributed by atoms with E-state index in [-0.39, 0.29) is 23.3 Å². The topological polar surface area (TPSA) is 49.3 Å². The van der Waals surface area contributed by atoms with Crippen molar-refractivity contribution in [3.63, 3.8) is 0 Å². The van der Waals surface area contributed by atoms with E-state index in [0.717, 1.165) is 19.3 Å². The molecule has 4 atom stereocenters. The second-order valence-electron chi connectivity index (χ2n) is 9.21. The maximum Gasteiger partial charge on any atom is 0.226 e. The summed E-state index contributed by atoms with van der Waals surface area (Å²) in [5, 5.41) is 12.0. The van der Waals surface area contributed by atoms with Crippen LogP contribution in [0.15, 0.2) is 23.3 Å². The van der Waals surface area contributed by atoms with Crippen molar-refractivity contribution in [2.24, 2.45) is 28.6 Å². The summed E-state index contributed by atoms with van der Waals surface area (Å²) in [6.45, 7) is 9.58. The lowest BCUT2D eigenvalue weighted by molar-refractivity contribution is -0.144. The molecule has 0 spiro atoms. The molecule has 0 radical (unpaired) electrons. The van der Waals surface area contributed by atoms with Crippen LogP contribution in [-0.2, 0) is 4.79 Å². The number of aliphatic hydroxyl groups excluding tert-OH is 1. The van der Waals surface area contributed by atoms with Crippen LogP contribution in [-0.4, -0.2) is 24.2 Å². The fourth-order valence-corrected chi connectivity index (χ4v) is 5.99. The molecule has 3 heteroatoms. The van der Waals surface area contributed by atoms with Crippen LogP contribution in [0.4, 0.5) is 0 Å². The average molecular weight is 346 g/mol. The normalized spacial score (nSPS) is 37.7. The van der Waals surface area contributed by atoms with Gasteiger partial charge in [0.2, 0.25) is 5.91 Å². The standard InChI is InChI=1S/C22H35NO2/c1-15(2)16-6-8-18-17(14-16)7-9-19-21(18,3)10-5-11-22(19,4)20(25)23-12-13-24/h7,14-15,18-19,24H,5-6,8-13H2,1-4H3,(H,23,25). The first-order chi connectivity index (χ1) is 11.8. The van der Waals surface area contributed by atoms with Crippen molar-refractivity contribution in [2.45, 2.75) is 66.2 Å². The van der Waals surface area contributed by atoms with Crippen LogP contribution in [0.25, 0.3) is 0 Å². The van der Waals surface area contributed by atoms with Gasteiger partial charge in [-0.3, -0.25) is 4.79 Å². The third-order valence-corrected chi connectivity index (χ3v) is 7.50. The number of aliphatic hydroxyl groups is 1. The fraction of sp³-hybridized carbons (Fsp3) is 0.773. The van der Waals surface area contributed by atoms with E-state index < -0.39 is 0 Å². The van der Waals surface area contributed by atoms with Gasteiger partial charge in [-0.25, -0.2) is 0 Å². The van der Waals surface area contributed by atoms with Gasteiger partial charge in [-0.2, -0.15) is 0 Å². The number of hydrogen-bond acceptors (Lipinski definition) is 2. The minimum Gasteiger partial charge on any atom is -0.395 e. The molecule has 3 aliphatic rings. The van der Waals surface area contributed by atoms with Gasteiger partial charge in [0.15, 0.2) is 0 Å². The number of allylic oxidation sites excluding steroid dienone is 4. The van der Waals surface area contributed by atoms with Gasteiger partial charge in [-0.05, 0) is 60.8 Å². The SMILES string of the molecule is CC(C)C1=CC2=CCC3C(C)(C(=O)NCCO)CCCC3(C)C2CC1. The van der Waals surface area contributed by atoms with Crippen molar-refractivity contribution in [1.82, 2.24) is 5.32 Å². The zero-order valence-corrected chi connectivity index (χ0v) is 16.4. The summed E-state index contributed by atoms with van der Waals surface area (Å²) in [7, 11) is 0. The average Bonchev–Trinajstić information content (AvgIpc) is 2.58. The minimum absolute atomic E-state index is 0.0131. The summed E-state index contributed by atoms with van der Waals surface area (Å²) in [6, 6.07) is 0. The molecule has 0 aromatic heterocycles. The zero-order chi connectivity index (χ0) is 18.2. The van der Waals surface area contributed by atoms with E-state index in [9.17, 15) is 4.79 Å². The number of rotatable bonds is 4. The van der Waals surface area contributed by atoms with Crippen molar-refractivity contribution in [1.29, 1.82) is 0 Å². The number of carbonyl (C=O) groups is 1. The molecule has 4 unspecified atom stereocenters. The van der Waals surface area contributed by atoms with Crippen LogP contribution in [0.1, 0.15) is 66.2 Å². The minimum atomic E-state index is -0.313. The molecule has 1 saturated carbocycles. The first-order valence-electron chi connectivity index (χ1n) is 10.1. The molecule has 3 aliphatic carbocycles. The van der Waals surface area contributed by atoms with Gasteiger partial charge < -0.3 is 10.4 Å². The van der Waals surface area contributed by atoms with Crippen molar-refractivity contribution >= 4 is 5.91 Å². The Bertz CT molecular complexity index is 591. The van der Waals surface area contributed by atoms with Gasteiger partial charge in [0, 0.05) is 6.54 Å². The first kappa shape index (κ1) is 18.7. The van der Waals surface area contributed by atoms with Crippen LogP contribution >= 0.6 is 0 Å². The van der Waals surface area contributed by atoms with E-state index in [0.29, 0.717) is 24.3 Å². The first-order valence-corrected chi connectivity index (χ1v) is 10.1. The second kappa shape index (κ2) is 6.90. The van der Waals surface area contributed by atoms with Gasteiger partial charge in [-0.15, -0.1) is 0 Å². The number of hydrogen-bond donors (Lipinski definition) is 2. The lowest BCUT2D eigenvalue weighted by Gasteiger charge is -2.57. The Kier molecular flexibility index (Phi) is 5.16. The molecule has 3 nitrogen and oxygen atoms in total. The Morgan fingerprint density at radius 3 is 2.80 bits per heavy atom. The monoisotopic (exact) mass is 345 g/mol. The predicted molar refractivity (Wildman–Crippen MR) is 102 cm³/mol. The smallest absolute Gasteiger partial charge is 0.226 e. The van der Waals surface area contributed by atoms with Gasteiger partial charge in [0.1, 0.15) is 0 Å². The molecule has 1 amide bonds. The summed E-state index contributed by atoms with van der Waals surface area (Å²) in [6.07, 6.45) is 11.7. The summed E-state index contributed by atoms with van der Waals surface area (Å²) in [5.74, 6) is 1.77. The molecule has 0 saturated heterocycles. The van der Waals surface area contributed by atoms with Crippen LogP contribution in [0.2, 0.25) is 0 Å². The van der Waals surface area contributed by atoms with Crippen LogP contribution in [0, 0.1) is 28.6 Å². The highest BCUT2D eigenvalue weighted by Gasteiger charge is 2.56. The predicted octanol–water partition coefficient (Wildman–Crippen LogP) is 4.23. The van der Waals surface area contributed by atoms with Crippen molar-refractivity contribution in [3.8, 4) is 0 Å². The van der Waals surface area contributed by atoms with Crippen molar-refractivity contribution < 1.29 is 9.90 Å². The Labute approximate surface area is 153 Å². The Hall–Kier alpha value is -1.09. The van der Waals surface area contributed by atoms with Crippen LogP contribution in [0.3, 0.4) is 0 Å².